The van der Waals surface area contributed by atoms with Gasteiger partial charge in [-0.1, -0.05) is 11.8 Å². The first-order valence-corrected chi connectivity index (χ1v) is 11.6. The van der Waals surface area contributed by atoms with Crippen LogP contribution in [0.3, 0.4) is 0 Å². The van der Waals surface area contributed by atoms with Crippen LogP contribution in [-0.2, 0) is 28.5 Å². The Kier molecular flexibility index (Phi) is 10.9. The minimum absolute atomic E-state index is 0.0777. The topological polar surface area (TPSA) is 130 Å². The summed E-state index contributed by atoms with van der Waals surface area (Å²) in [6.45, 7) is 16.6. The maximum absolute atomic E-state index is 12.2. The minimum atomic E-state index is -1.18. The highest BCUT2D eigenvalue weighted by Gasteiger charge is 2.31. The molecule has 0 bridgehead atoms. The van der Waals surface area contributed by atoms with Crippen LogP contribution in [0.15, 0.2) is 4.99 Å². The number of ether oxygens (including phenoxy) is 4. The number of thioether (sulfide) groups is 1. The van der Waals surface area contributed by atoms with Crippen molar-refractivity contribution in [1.82, 2.24) is 5.32 Å². The fourth-order valence-electron chi connectivity index (χ4n) is 2.35. The number of amides is 2. The second-order valence-electron chi connectivity index (χ2n) is 10.5. The Hall–Kier alpha value is -2.30. The molecular formula is C22H38N2O8S. The van der Waals surface area contributed by atoms with Crippen molar-refractivity contribution < 1.29 is 38.1 Å². The van der Waals surface area contributed by atoms with E-state index in [2.05, 4.69) is 10.3 Å². The molecule has 2 amide bonds. The van der Waals surface area contributed by atoms with E-state index in [-0.39, 0.29) is 18.0 Å². The number of carbonyl (C=O) groups excluding carboxylic acids is 4. The monoisotopic (exact) mass is 490 g/mol. The van der Waals surface area contributed by atoms with E-state index in [1.165, 1.54) is 0 Å². The fraction of sp³-hybridized carbons (Fsp3) is 0.773. The summed E-state index contributed by atoms with van der Waals surface area (Å²) in [4.78, 5) is 52.2. The number of hydrogen-bond donors (Lipinski definition) is 1. The standard InChI is InChI=1S/C22H38N2O8S/c1-19(2,3)29-14(25)12-21(7,8)31-17(27)23-16(33-11)24-18(28)32-22(9,10)13-15(26)30-20(4,5)6/h12-13H2,1-11H3,(H,23,24,27,28). The molecule has 0 fully saturated rings. The largest absolute Gasteiger partial charge is 0.460 e. The van der Waals surface area contributed by atoms with Crippen LogP contribution in [0.1, 0.15) is 82.1 Å². The molecular weight excluding hydrogens is 452 g/mol. The number of nitrogens with zero attached hydrogens (tertiary/aromatic N) is 1. The van der Waals surface area contributed by atoms with Gasteiger partial charge in [0.2, 0.25) is 0 Å². The first-order chi connectivity index (χ1) is 14.6. The highest BCUT2D eigenvalue weighted by Crippen LogP contribution is 2.20. The molecule has 0 unspecified atom stereocenters. The van der Waals surface area contributed by atoms with E-state index in [1.807, 2.05) is 0 Å². The van der Waals surface area contributed by atoms with Gasteiger partial charge in [0.05, 0.1) is 12.8 Å². The van der Waals surface area contributed by atoms with E-state index in [9.17, 15) is 19.2 Å². The number of nitrogens with one attached hydrogen (secondary N) is 1. The van der Waals surface area contributed by atoms with Crippen LogP contribution in [0.5, 0.6) is 0 Å². The van der Waals surface area contributed by atoms with Gasteiger partial charge >= 0.3 is 24.1 Å². The van der Waals surface area contributed by atoms with Crippen LogP contribution >= 0.6 is 11.8 Å². The lowest BCUT2D eigenvalue weighted by Crippen LogP contribution is -2.39. The molecule has 0 aromatic carbocycles. The van der Waals surface area contributed by atoms with E-state index < -0.39 is 46.5 Å². The average Bonchev–Trinajstić information content (AvgIpc) is 2.46. The number of aliphatic imine (C=N–C) groups is 1. The van der Waals surface area contributed by atoms with Gasteiger partial charge in [-0.2, -0.15) is 4.99 Å². The Bertz CT molecular complexity index is 761. The van der Waals surface area contributed by atoms with Crippen LogP contribution in [0, 0.1) is 0 Å². The molecule has 0 radical (unpaired) electrons. The van der Waals surface area contributed by atoms with Gasteiger partial charge in [0.15, 0.2) is 5.17 Å². The maximum atomic E-state index is 12.2. The summed E-state index contributed by atoms with van der Waals surface area (Å²) in [5, 5.41) is 2.26. The third kappa shape index (κ3) is 16.0. The number of rotatable bonds is 6. The van der Waals surface area contributed by atoms with Gasteiger partial charge in [-0.05, 0) is 75.5 Å². The second-order valence-corrected chi connectivity index (χ2v) is 11.3. The Labute approximate surface area is 200 Å². The SMILES string of the molecule is CSC(=NC(=O)OC(C)(C)CC(=O)OC(C)(C)C)NC(=O)OC(C)(C)CC(=O)OC(C)(C)C. The van der Waals surface area contributed by atoms with Crippen molar-refractivity contribution in [2.75, 3.05) is 6.26 Å². The third-order valence-corrected chi connectivity index (χ3v) is 3.89. The van der Waals surface area contributed by atoms with E-state index in [0.29, 0.717) is 0 Å². The molecule has 0 aliphatic heterocycles. The molecule has 0 rings (SSSR count). The smallest absolute Gasteiger partial charge is 0.436 e. The molecule has 0 atom stereocenters. The van der Waals surface area contributed by atoms with Crippen molar-refractivity contribution >= 4 is 41.1 Å². The zero-order chi connectivity index (χ0) is 26.3. The van der Waals surface area contributed by atoms with Crippen LogP contribution < -0.4 is 5.32 Å². The number of esters is 2. The van der Waals surface area contributed by atoms with Crippen LogP contribution in [-0.4, -0.2) is 58.0 Å². The fourth-order valence-corrected chi connectivity index (χ4v) is 2.70. The van der Waals surface area contributed by atoms with Crippen molar-refractivity contribution in [2.24, 2.45) is 4.99 Å². The second kappa shape index (κ2) is 11.7. The summed E-state index contributed by atoms with van der Waals surface area (Å²) < 4.78 is 21.0. The van der Waals surface area contributed by atoms with Crippen molar-refractivity contribution in [2.45, 2.75) is 104 Å². The Morgan fingerprint density at radius 1 is 0.697 bits per heavy atom. The van der Waals surface area contributed by atoms with Crippen molar-refractivity contribution in [3.05, 3.63) is 0 Å². The lowest BCUT2D eigenvalue weighted by molar-refractivity contribution is -0.160. The Morgan fingerprint density at radius 2 is 1.09 bits per heavy atom. The van der Waals surface area contributed by atoms with Gasteiger partial charge in [0.1, 0.15) is 22.4 Å². The molecule has 0 spiro atoms. The molecule has 33 heavy (non-hydrogen) atoms. The first kappa shape index (κ1) is 30.7. The van der Waals surface area contributed by atoms with Crippen molar-refractivity contribution in [1.29, 1.82) is 0 Å². The summed E-state index contributed by atoms with van der Waals surface area (Å²) in [5.41, 5.74) is -3.66. The highest BCUT2D eigenvalue weighted by atomic mass is 32.2. The summed E-state index contributed by atoms with van der Waals surface area (Å²) in [6, 6.07) is 0. The van der Waals surface area contributed by atoms with E-state index >= 15 is 0 Å². The molecule has 0 saturated carbocycles. The third-order valence-electron chi connectivity index (χ3n) is 3.31. The van der Waals surface area contributed by atoms with Gasteiger partial charge in [-0.25, -0.2) is 9.59 Å². The zero-order valence-electron chi connectivity index (χ0n) is 21.5. The average molecular weight is 491 g/mol. The normalized spacial score (nSPS) is 13.1. The molecule has 11 heteroatoms. The maximum Gasteiger partial charge on any atom is 0.436 e. The van der Waals surface area contributed by atoms with E-state index in [4.69, 9.17) is 18.9 Å². The number of amidine groups is 1. The molecule has 0 saturated heterocycles. The van der Waals surface area contributed by atoms with Gasteiger partial charge < -0.3 is 18.9 Å². The zero-order valence-corrected chi connectivity index (χ0v) is 22.4. The molecule has 0 aromatic heterocycles. The molecule has 0 heterocycles. The van der Waals surface area contributed by atoms with Crippen molar-refractivity contribution in [3.8, 4) is 0 Å². The molecule has 0 aliphatic carbocycles. The van der Waals surface area contributed by atoms with Crippen LogP contribution in [0.4, 0.5) is 9.59 Å². The molecule has 190 valence electrons. The van der Waals surface area contributed by atoms with Gasteiger partial charge in [-0.3, -0.25) is 14.9 Å². The molecule has 10 nitrogen and oxygen atoms in total. The quantitative estimate of drug-likeness (QED) is 0.246. The summed E-state index contributed by atoms with van der Waals surface area (Å²) in [7, 11) is 0. The Balaban J connectivity index is 4.96. The summed E-state index contributed by atoms with van der Waals surface area (Å²) in [5.74, 6) is -1.04. The van der Waals surface area contributed by atoms with Crippen LogP contribution in [0.2, 0.25) is 0 Å². The summed E-state index contributed by atoms with van der Waals surface area (Å²) >= 11 is 0.976. The molecule has 1 N–H and O–H groups in total. The number of carbonyl (C=O) groups is 4. The van der Waals surface area contributed by atoms with E-state index in [0.717, 1.165) is 11.8 Å². The lowest BCUT2D eigenvalue weighted by atomic mass is 10.1. The minimum Gasteiger partial charge on any atom is -0.460 e. The van der Waals surface area contributed by atoms with Gasteiger partial charge in [-0.15, -0.1) is 0 Å². The van der Waals surface area contributed by atoms with Crippen molar-refractivity contribution in [3.63, 3.8) is 0 Å². The lowest BCUT2D eigenvalue weighted by Gasteiger charge is -2.27. The predicted molar refractivity (Wildman–Crippen MR) is 126 cm³/mol. The first-order valence-electron chi connectivity index (χ1n) is 10.4. The molecule has 0 aromatic rings. The molecule has 0 aliphatic rings. The number of alkyl carbamates (subject to hydrolysis) is 1. The predicted octanol–water partition coefficient (Wildman–Crippen LogP) is 4.59. The summed E-state index contributed by atoms with van der Waals surface area (Å²) in [6.07, 6.45) is -0.651. The van der Waals surface area contributed by atoms with Crippen LogP contribution in [0.25, 0.3) is 0 Å². The van der Waals surface area contributed by atoms with Gasteiger partial charge in [0, 0.05) is 0 Å². The Morgan fingerprint density at radius 3 is 1.45 bits per heavy atom. The highest BCUT2D eigenvalue weighted by molar-refractivity contribution is 8.13. The van der Waals surface area contributed by atoms with Gasteiger partial charge in [0.25, 0.3) is 0 Å². The number of hydrogen-bond acceptors (Lipinski definition) is 9. The van der Waals surface area contributed by atoms with E-state index in [1.54, 1.807) is 75.5 Å².